The molecule has 4 aromatic rings. The standard InChI is InChI=1S/C9H7N.C5H5NO.C3H3NS/c1-2-6-9-8(4-1)5-3-7-10-9;7-5-3-1-2-4-6-5;1-2-5-3-4-1/h1-7H;1-4H,(H,6,7);1-3H. The van der Waals surface area contributed by atoms with Gasteiger partial charge in [0.1, 0.15) is 0 Å². The molecule has 4 rings (SSSR count). The molecule has 0 aliphatic heterocycles. The van der Waals surface area contributed by atoms with Crippen molar-refractivity contribution in [3.8, 4) is 0 Å². The molecule has 0 unspecified atom stereocenters. The lowest BCUT2D eigenvalue weighted by molar-refractivity contribution is 1.24. The molecule has 1 N–H and O–H groups in total. The van der Waals surface area contributed by atoms with Crippen LogP contribution in [0.2, 0.25) is 0 Å². The Morgan fingerprint density at radius 1 is 0.909 bits per heavy atom. The molecular weight excluding hydrogens is 294 g/mol. The van der Waals surface area contributed by atoms with Gasteiger partial charge in [0.25, 0.3) is 0 Å². The summed E-state index contributed by atoms with van der Waals surface area (Å²) in [6.07, 6.45) is 5.18. The van der Waals surface area contributed by atoms with E-state index >= 15 is 0 Å². The van der Waals surface area contributed by atoms with Crippen LogP contribution in [0.4, 0.5) is 0 Å². The van der Waals surface area contributed by atoms with Crippen molar-refractivity contribution in [3.63, 3.8) is 0 Å². The molecule has 0 bridgehead atoms. The zero-order chi connectivity index (χ0) is 15.5. The number of hydrogen-bond donors (Lipinski definition) is 1. The van der Waals surface area contributed by atoms with Crippen LogP contribution in [0.3, 0.4) is 0 Å². The van der Waals surface area contributed by atoms with Crippen LogP contribution in [0.1, 0.15) is 0 Å². The zero-order valence-corrected chi connectivity index (χ0v) is 12.6. The van der Waals surface area contributed by atoms with Gasteiger partial charge in [0.15, 0.2) is 0 Å². The van der Waals surface area contributed by atoms with Crippen LogP contribution in [-0.4, -0.2) is 15.0 Å². The molecule has 4 nitrogen and oxygen atoms in total. The number of aromatic nitrogens is 3. The number of thiazole rings is 1. The minimum Gasteiger partial charge on any atom is -0.329 e. The Hall–Kier alpha value is -2.79. The van der Waals surface area contributed by atoms with Gasteiger partial charge in [-0.05, 0) is 18.2 Å². The van der Waals surface area contributed by atoms with Crippen molar-refractivity contribution in [1.82, 2.24) is 15.0 Å². The molecule has 0 radical (unpaired) electrons. The maximum atomic E-state index is 10.2. The first-order chi connectivity index (χ1) is 10.9. The molecule has 22 heavy (non-hydrogen) atoms. The lowest BCUT2D eigenvalue weighted by Gasteiger charge is -1.91. The summed E-state index contributed by atoms with van der Waals surface area (Å²) < 4.78 is 0. The highest BCUT2D eigenvalue weighted by atomic mass is 32.1. The van der Waals surface area contributed by atoms with E-state index in [4.69, 9.17) is 0 Å². The first-order valence-corrected chi connectivity index (χ1v) is 7.56. The van der Waals surface area contributed by atoms with E-state index in [1.807, 2.05) is 35.8 Å². The Bertz CT molecular complexity index is 728. The summed E-state index contributed by atoms with van der Waals surface area (Å²) in [6, 6.07) is 17.0. The van der Waals surface area contributed by atoms with Crippen molar-refractivity contribution in [1.29, 1.82) is 0 Å². The highest BCUT2D eigenvalue weighted by Crippen LogP contribution is 2.07. The number of nitrogens with zero attached hydrogens (tertiary/aromatic N) is 2. The fraction of sp³-hybridized carbons (Fsp3) is 0. The average molecular weight is 309 g/mol. The second-order valence-electron chi connectivity index (χ2n) is 4.10. The number of aromatic amines is 1. The Labute approximate surface area is 132 Å². The zero-order valence-electron chi connectivity index (χ0n) is 11.8. The third-order valence-electron chi connectivity index (χ3n) is 2.54. The Morgan fingerprint density at radius 3 is 2.27 bits per heavy atom. The van der Waals surface area contributed by atoms with Gasteiger partial charge >= 0.3 is 0 Å². The minimum absolute atomic E-state index is 0.0532. The second-order valence-corrected chi connectivity index (χ2v) is 4.85. The molecule has 110 valence electrons. The molecule has 0 amide bonds. The lowest BCUT2D eigenvalue weighted by Crippen LogP contribution is -1.98. The number of pyridine rings is 2. The second kappa shape index (κ2) is 9.20. The fourth-order valence-corrected chi connectivity index (χ4v) is 1.92. The van der Waals surface area contributed by atoms with Gasteiger partial charge in [0, 0.05) is 35.4 Å². The quantitative estimate of drug-likeness (QED) is 0.538. The van der Waals surface area contributed by atoms with E-state index in [0.717, 1.165) is 5.52 Å². The van der Waals surface area contributed by atoms with Crippen molar-refractivity contribution < 1.29 is 0 Å². The maximum Gasteiger partial charge on any atom is 0.247 e. The third-order valence-corrected chi connectivity index (χ3v) is 3.06. The number of nitrogens with one attached hydrogen (secondary N) is 1. The normalized spacial score (nSPS) is 9.09. The molecule has 3 heterocycles. The van der Waals surface area contributed by atoms with Gasteiger partial charge in [-0.3, -0.25) is 14.8 Å². The van der Waals surface area contributed by atoms with Crippen LogP contribution in [0.15, 0.2) is 88.9 Å². The minimum atomic E-state index is -0.0532. The predicted octanol–water partition coefficient (Wildman–Crippen LogP) is 3.75. The van der Waals surface area contributed by atoms with Crippen molar-refractivity contribution in [2.45, 2.75) is 0 Å². The van der Waals surface area contributed by atoms with E-state index in [1.165, 1.54) is 11.5 Å². The van der Waals surface area contributed by atoms with Gasteiger partial charge in [-0.2, -0.15) is 0 Å². The summed E-state index contributed by atoms with van der Waals surface area (Å²) in [6.45, 7) is 0. The van der Waals surface area contributed by atoms with Crippen LogP contribution < -0.4 is 5.56 Å². The Balaban J connectivity index is 0.000000129. The van der Waals surface area contributed by atoms with Gasteiger partial charge in [-0.1, -0.05) is 30.3 Å². The number of benzene rings is 1. The summed E-state index contributed by atoms with van der Waals surface area (Å²) in [5, 5.41) is 3.13. The molecular formula is C17H15N3OS. The van der Waals surface area contributed by atoms with E-state index < -0.39 is 0 Å². The topological polar surface area (TPSA) is 58.6 Å². The summed E-state index contributed by atoms with van der Waals surface area (Å²) in [5.74, 6) is 0. The SMILES string of the molecule is O=c1cccc[nH]1.c1ccc2ncccc2c1.c1cscn1. The van der Waals surface area contributed by atoms with Gasteiger partial charge in [-0.15, -0.1) is 11.3 Å². The van der Waals surface area contributed by atoms with Crippen LogP contribution in [0.5, 0.6) is 0 Å². The summed E-state index contributed by atoms with van der Waals surface area (Å²) in [4.78, 5) is 20.6. The van der Waals surface area contributed by atoms with Crippen molar-refractivity contribution >= 4 is 22.2 Å². The largest absolute Gasteiger partial charge is 0.329 e. The molecule has 0 fully saturated rings. The third kappa shape index (κ3) is 5.68. The van der Waals surface area contributed by atoms with Gasteiger partial charge < -0.3 is 4.98 Å². The molecule has 0 aliphatic carbocycles. The van der Waals surface area contributed by atoms with Gasteiger partial charge in [-0.25, -0.2) is 0 Å². The van der Waals surface area contributed by atoms with E-state index in [-0.39, 0.29) is 5.56 Å². The van der Waals surface area contributed by atoms with Gasteiger partial charge in [0.2, 0.25) is 5.56 Å². The molecule has 1 aromatic carbocycles. The Kier molecular flexibility index (Phi) is 6.52. The molecule has 5 heteroatoms. The fourth-order valence-electron chi connectivity index (χ4n) is 1.57. The molecule has 0 atom stereocenters. The highest BCUT2D eigenvalue weighted by Gasteiger charge is 1.86. The molecule has 0 saturated heterocycles. The maximum absolute atomic E-state index is 10.2. The van der Waals surface area contributed by atoms with Crippen LogP contribution in [0.25, 0.3) is 10.9 Å². The number of hydrogen-bond acceptors (Lipinski definition) is 4. The summed E-state index contributed by atoms with van der Waals surface area (Å²) in [5.41, 5.74) is 2.80. The first-order valence-electron chi connectivity index (χ1n) is 6.62. The van der Waals surface area contributed by atoms with Crippen molar-refractivity contribution in [2.24, 2.45) is 0 Å². The van der Waals surface area contributed by atoms with Crippen LogP contribution in [0, 0.1) is 0 Å². The molecule has 3 aromatic heterocycles. The van der Waals surface area contributed by atoms with E-state index in [9.17, 15) is 4.79 Å². The number of H-pyrrole nitrogens is 1. The predicted molar refractivity (Wildman–Crippen MR) is 90.9 cm³/mol. The number of rotatable bonds is 0. The van der Waals surface area contributed by atoms with Crippen LogP contribution in [-0.2, 0) is 0 Å². The smallest absolute Gasteiger partial charge is 0.247 e. The Morgan fingerprint density at radius 2 is 1.73 bits per heavy atom. The monoisotopic (exact) mass is 309 g/mol. The van der Waals surface area contributed by atoms with E-state index in [0.29, 0.717) is 0 Å². The van der Waals surface area contributed by atoms with Crippen molar-refractivity contribution in [3.05, 3.63) is 94.4 Å². The van der Waals surface area contributed by atoms with Gasteiger partial charge in [0.05, 0.1) is 11.0 Å². The lowest BCUT2D eigenvalue weighted by atomic mass is 10.2. The van der Waals surface area contributed by atoms with Crippen LogP contribution >= 0.6 is 11.3 Å². The number of para-hydroxylation sites is 1. The summed E-state index contributed by atoms with van der Waals surface area (Å²) >= 11 is 1.60. The summed E-state index contributed by atoms with van der Waals surface area (Å²) in [7, 11) is 0. The highest BCUT2D eigenvalue weighted by molar-refractivity contribution is 7.07. The average Bonchev–Trinajstić information content (AvgIpc) is 3.16. The molecule has 0 saturated carbocycles. The first kappa shape index (κ1) is 15.6. The van der Waals surface area contributed by atoms with E-state index in [2.05, 4.69) is 27.1 Å². The van der Waals surface area contributed by atoms with Crippen molar-refractivity contribution in [2.75, 3.05) is 0 Å². The van der Waals surface area contributed by atoms with E-state index in [1.54, 1.807) is 41.4 Å². The molecule has 0 spiro atoms. The molecule has 0 aliphatic rings. The number of fused-ring (bicyclic) bond motifs is 1.